The molecule has 0 saturated carbocycles. The molecule has 0 heterocycles. The highest BCUT2D eigenvalue weighted by Crippen LogP contribution is 2.10. The zero-order chi connectivity index (χ0) is 14.9. The number of halogens is 1. The van der Waals surface area contributed by atoms with Crippen molar-refractivity contribution in [3.63, 3.8) is 0 Å². The van der Waals surface area contributed by atoms with Crippen LogP contribution in [0.4, 0.5) is 0 Å². The van der Waals surface area contributed by atoms with E-state index in [0.717, 1.165) is 16.1 Å². The number of hydrogen-bond donors (Lipinski definition) is 2. The van der Waals surface area contributed by atoms with Gasteiger partial charge < -0.3 is 15.2 Å². The molecule has 2 aromatic rings. The molecule has 0 aliphatic rings. The molecule has 2 aromatic carbocycles. The molecular formula is C17H20ClNO2. The Morgan fingerprint density at radius 2 is 1.81 bits per heavy atom. The van der Waals surface area contributed by atoms with Crippen LogP contribution in [-0.4, -0.2) is 24.4 Å². The molecule has 0 amide bonds. The molecule has 1 unspecified atom stereocenters. The third-order valence-corrected chi connectivity index (χ3v) is 3.26. The molecule has 0 fully saturated rings. The molecule has 2 rings (SSSR count). The molecule has 0 radical (unpaired) electrons. The van der Waals surface area contributed by atoms with Crippen molar-refractivity contribution in [1.82, 2.24) is 5.32 Å². The molecule has 0 aliphatic heterocycles. The van der Waals surface area contributed by atoms with Crippen LogP contribution in [0.1, 0.15) is 11.1 Å². The largest absolute Gasteiger partial charge is 0.389 e. The van der Waals surface area contributed by atoms with Gasteiger partial charge in [-0.3, -0.25) is 0 Å². The molecule has 0 bridgehead atoms. The molecule has 0 spiro atoms. The lowest BCUT2D eigenvalue weighted by atomic mass is 10.2. The van der Waals surface area contributed by atoms with Crippen LogP contribution in [0, 0.1) is 0 Å². The maximum absolute atomic E-state index is 9.85. The van der Waals surface area contributed by atoms with E-state index in [2.05, 4.69) is 5.32 Å². The Morgan fingerprint density at radius 1 is 1.05 bits per heavy atom. The number of aliphatic hydroxyl groups excluding tert-OH is 1. The van der Waals surface area contributed by atoms with Crippen LogP contribution in [0.15, 0.2) is 54.6 Å². The van der Waals surface area contributed by atoms with Crippen LogP contribution >= 0.6 is 11.6 Å². The zero-order valence-electron chi connectivity index (χ0n) is 11.8. The Bertz CT molecular complexity index is 533. The van der Waals surface area contributed by atoms with Gasteiger partial charge in [-0.25, -0.2) is 0 Å². The van der Waals surface area contributed by atoms with Crippen LogP contribution in [0.25, 0.3) is 0 Å². The summed E-state index contributed by atoms with van der Waals surface area (Å²) in [7, 11) is 0. The molecule has 112 valence electrons. The SMILES string of the molecule is OC(CNCc1cccc(Cl)c1)COCc1ccccc1. The molecule has 4 heteroatoms. The first-order valence-corrected chi connectivity index (χ1v) is 7.37. The highest BCUT2D eigenvalue weighted by atomic mass is 35.5. The second kappa shape index (κ2) is 8.80. The van der Waals surface area contributed by atoms with Gasteiger partial charge in [-0.15, -0.1) is 0 Å². The number of hydrogen-bond acceptors (Lipinski definition) is 3. The van der Waals surface area contributed by atoms with Gasteiger partial charge in [0, 0.05) is 18.1 Å². The fourth-order valence-electron chi connectivity index (χ4n) is 1.98. The summed E-state index contributed by atoms with van der Waals surface area (Å²) >= 11 is 5.92. The summed E-state index contributed by atoms with van der Waals surface area (Å²) in [5.41, 5.74) is 2.21. The van der Waals surface area contributed by atoms with E-state index in [1.165, 1.54) is 0 Å². The molecule has 21 heavy (non-hydrogen) atoms. The summed E-state index contributed by atoms with van der Waals surface area (Å²) in [6.45, 7) is 2.00. The fraction of sp³-hybridized carbons (Fsp3) is 0.294. The molecular weight excluding hydrogens is 286 g/mol. The zero-order valence-corrected chi connectivity index (χ0v) is 12.6. The van der Waals surface area contributed by atoms with Crippen molar-refractivity contribution in [2.24, 2.45) is 0 Å². The lowest BCUT2D eigenvalue weighted by molar-refractivity contribution is 0.0287. The number of ether oxygens (including phenoxy) is 1. The van der Waals surface area contributed by atoms with Gasteiger partial charge in [0.25, 0.3) is 0 Å². The quantitative estimate of drug-likeness (QED) is 0.788. The first-order chi connectivity index (χ1) is 10.2. The van der Waals surface area contributed by atoms with Crippen molar-refractivity contribution in [2.75, 3.05) is 13.2 Å². The van der Waals surface area contributed by atoms with Gasteiger partial charge in [0.1, 0.15) is 0 Å². The number of rotatable bonds is 8. The summed E-state index contributed by atoms with van der Waals surface area (Å²) in [5.74, 6) is 0. The van der Waals surface area contributed by atoms with Crippen molar-refractivity contribution in [3.8, 4) is 0 Å². The number of nitrogens with one attached hydrogen (secondary N) is 1. The average molecular weight is 306 g/mol. The van der Waals surface area contributed by atoms with Gasteiger partial charge >= 0.3 is 0 Å². The Kier molecular flexibility index (Phi) is 6.70. The Labute approximate surface area is 130 Å². The Hall–Kier alpha value is -1.39. The normalized spacial score (nSPS) is 12.3. The summed E-state index contributed by atoms with van der Waals surface area (Å²) in [6, 6.07) is 17.6. The van der Waals surface area contributed by atoms with Crippen LogP contribution < -0.4 is 5.32 Å². The van der Waals surface area contributed by atoms with Gasteiger partial charge in [0.15, 0.2) is 0 Å². The van der Waals surface area contributed by atoms with E-state index in [9.17, 15) is 5.11 Å². The number of benzene rings is 2. The first kappa shape index (κ1) is 16.0. The van der Waals surface area contributed by atoms with E-state index in [1.54, 1.807) is 0 Å². The van der Waals surface area contributed by atoms with E-state index in [1.807, 2.05) is 54.6 Å². The van der Waals surface area contributed by atoms with Crippen LogP contribution in [0.5, 0.6) is 0 Å². The van der Waals surface area contributed by atoms with E-state index in [4.69, 9.17) is 16.3 Å². The third-order valence-electron chi connectivity index (χ3n) is 3.02. The Morgan fingerprint density at radius 3 is 2.57 bits per heavy atom. The van der Waals surface area contributed by atoms with Crippen molar-refractivity contribution >= 4 is 11.6 Å². The molecule has 2 N–H and O–H groups in total. The fourth-order valence-corrected chi connectivity index (χ4v) is 2.19. The highest BCUT2D eigenvalue weighted by Gasteiger charge is 2.04. The van der Waals surface area contributed by atoms with Gasteiger partial charge in [-0.1, -0.05) is 54.1 Å². The monoisotopic (exact) mass is 305 g/mol. The lowest BCUT2D eigenvalue weighted by Crippen LogP contribution is -2.30. The van der Waals surface area contributed by atoms with E-state index in [0.29, 0.717) is 26.3 Å². The molecule has 0 aromatic heterocycles. The standard InChI is InChI=1S/C17H20ClNO2/c18-16-8-4-7-15(9-16)10-19-11-17(20)13-21-12-14-5-2-1-3-6-14/h1-9,17,19-20H,10-13H2. The smallest absolute Gasteiger partial charge is 0.0897 e. The topological polar surface area (TPSA) is 41.5 Å². The van der Waals surface area contributed by atoms with Crippen molar-refractivity contribution in [2.45, 2.75) is 19.3 Å². The van der Waals surface area contributed by atoms with Gasteiger partial charge in [-0.2, -0.15) is 0 Å². The van der Waals surface area contributed by atoms with E-state index in [-0.39, 0.29) is 0 Å². The maximum Gasteiger partial charge on any atom is 0.0897 e. The van der Waals surface area contributed by atoms with Crippen molar-refractivity contribution in [3.05, 3.63) is 70.7 Å². The predicted molar refractivity (Wildman–Crippen MR) is 85.3 cm³/mol. The van der Waals surface area contributed by atoms with Crippen LogP contribution in [0.2, 0.25) is 5.02 Å². The Balaban J connectivity index is 1.60. The summed E-state index contributed by atoms with van der Waals surface area (Å²) in [5, 5.41) is 13.8. The second-order valence-corrected chi connectivity index (χ2v) is 5.35. The minimum absolute atomic E-state index is 0.317. The predicted octanol–water partition coefficient (Wildman–Crippen LogP) is 3.01. The average Bonchev–Trinajstić information content (AvgIpc) is 2.48. The minimum Gasteiger partial charge on any atom is -0.389 e. The van der Waals surface area contributed by atoms with Crippen molar-refractivity contribution in [1.29, 1.82) is 0 Å². The van der Waals surface area contributed by atoms with E-state index >= 15 is 0 Å². The molecule has 0 saturated heterocycles. The van der Waals surface area contributed by atoms with Crippen molar-refractivity contribution < 1.29 is 9.84 Å². The lowest BCUT2D eigenvalue weighted by Gasteiger charge is -2.12. The maximum atomic E-state index is 9.85. The van der Waals surface area contributed by atoms with Gasteiger partial charge in [0.05, 0.1) is 19.3 Å². The van der Waals surface area contributed by atoms with Gasteiger partial charge in [0.2, 0.25) is 0 Å². The summed E-state index contributed by atoms with van der Waals surface area (Å²) in [6.07, 6.45) is -0.520. The summed E-state index contributed by atoms with van der Waals surface area (Å²) in [4.78, 5) is 0. The first-order valence-electron chi connectivity index (χ1n) is 6.99. The van der Waals surface area contributed by atoms with Crippen LogP contribution in [-0.2, 0) is 17.9 Å². The van der Waals surface area contributed by atoms with E-state index < -0.39 is 6.10 Å². The van der Waals surface area contributed by atoms with Crippen LogP contribution in [0.3, 0.4) is 0 Å². The minimum atomic E-state index is -0.520. The number of aliphatic hydroxyl groups is 1. The molecule has 3 nitrogen and oxygen atoms in total. The van der Waals surface area contributed by atoms with Gasteiger partial charge in [-0.05, 0) is 23.3 Å². The highest BCUT2D eigenvalue weighted by molar-refractivity contribution is 6.30. The summed E-state index contributed by atoms with van der Waals surface area (Å²) < 4.78 is 5.49. The molecule has 0 aliphatic carbocycles. The second-order valence-electron chi connectivity index (χ2n) is 4.92. The molecule has 1 atom stereocenters. The third kappa shape index (κ3) is 6.27.